The van der Waals surface area contributed by atoms with Gasteiger partial charge in [-0.25, -0.2) is 9.67 Å². The van der Waals surface area contributed by atoms with Crippen LogP contribution < -0.4 is 15.5 Å². The molecule has 0 spiro atoms. The molecule has 1 saturated heterocycles. The number of nitrogens with one attached hydrogen (secondary N) is 2. The fourth-order valence-corrected chi connectivity index (χ4v) is 4.02. The third-order valence-corrected chi connectivity index (χ3v) is 5.69. The van der Waals surface area contributed by atoms with E-state index >= 15 is 0 Å². The van der Waals surface area contributed by atoms with E-state index in [0.717, 1.165) is 36.8 Å². The van der Waals surface area contributed by atoms with Crippen molar-refractivity contribution in [2.45, 2.75) is 39.3 Å². The van der Waals surface area contributed by atoms with Gasteiger partial charge in [-0.15, -0.1) is 24.0 Å². The highest BCUT2D eigenvalue weighted by Crippen LogP contribution is 2.24. The normalized spacial score (nSPS) is 14.7. The van der Waals surface area contributed by atoms with Crippen molar-refractivity contribution in [3.8, 4) is 5.69 Å². The first-order chi connectivity index (χ1) is 15.2. The maximum Gasteiger partial charge on any atom is 0.192 e. The van der Waals surface area contributed by atoms with E-state index in [1.165, 1.54) is 24.1 Å². The average Bonchev–Trinajstić information content (AvgIpc) is 3.52. The van der Waals surface area contributed by atoms with Gasteiger partial charge in [0, 0.05) is 37.7 Å². The van der Waals surface area contributed by atoms with Crippen LogP contribution in [0.5, 0.6) is 0 Å². The number of benzene rings is 2. The van der Waals surface area contributed by atoms with Crippen LogP contribution in [0.15, 0.2) is 72.0 Å². The first kappa shape index (κ1) is 24.1. The van der Waals surface area contributed by atoms with Gasteiger partial charge >= 0.3 is 0 Å². The third kappa shape index (κ3) is 6.03. The molecule has 1 atom stereocenters. The average molecular weight is 544 g/mol. The molecule has 7 heteroatoms. The number of aromatic nitrogens is 2. The molecule has 2 aromatic carbocycles. The lowest BCUT2D eigenvalue weighted by Crippen LogP contribution is -2.38. The summed E-state index contributed by atoms with van der Waals surface area (Å²) in [6, 6.07) is 19.2. The predicted molar refractivity (Wildman–Crippen MR) is 143 cm³/mol. The van der Waals surface area contributed by atoms with Crippen LogP contribution in [0, 0.1) is 0 Å². The summed E-state index contributed by atoms with van der Waals surface area (Å²) in [6.07, 6.45) is 6.33. The molecular formula is C25H33IN6. The Bertz CT molecular complexity index is 995. The second kappa shape index (κ2) is 11.9. The molecule has 0 amide bonds. The van der Waals surface area contributed by atoms with Crippen molar-refractivity contribution in [1.29, 1.82) is 0 Å². The minimum atomic E-state index is 0. The lowest BCUT2D eigenvalue weighted by molar-refractivity contribution is 0.685. The van der Waals surface area contributed by atoms with Crippen molar-refractivity contribution in [3.05, 3.63) is 78.1 Å². The number of para-hydroxylation sites is 1. The summed E-state index contributed by atoms with van der Waals surface area (Å²) >= 11 is 0. The number of hydrogen-bond donors (Lipinski definition) is 2. The molecule has 3 aromatic rings. The van der Waals surface area contributed by atoms with Gasteiger partial charge in [0.05, 0.1) is 18.3 Å². The van der Waals surface area contributed by atoms with Gasteiger partial charge in [0.1, 0.15) is 0 Å². The molecule has 32 heavy (non-hydrogen) atoms. The van der Waals surface area contributed by atoms with Crippen molar-refractivity contribution < 1.29 is 0 Å². The molecule has 0 radical (unpaired) electrons. The number of rotatable bonds is 7. The van der Waals surface area contributed by atoms with Gasteiger partial charge in [-0.05, 0) is 62.1 Å². The van der Waals surface area contributed by atoms with Crippen LogP contribution in [0.4, 0.5) is 5.69 Å². The summed E-state index contributed by atoms with van der Waals surface area (Å²) < 4.78 is 1.89. The Hall–Kier alpha value is -2.55. The minimum Gasteiger partial charge on any atom is -0.372 e. The highest BCUT2D eigenvalue weighted by molar-refractivity contribution is 14.0. The van der Waals surface area contributed by atoms with Crippen molar-refractivity contribution in [2.24, 2.45) is 4.99 Å². The summed E-state index contributed by atoms with van der Waals surface area (Å²) in [5.74, 6) is 0.817. The van der Waals surface area contributed by atoms with E-state index in [1.807, 2.05) is 29.1 Å². The lowest BCUT2D eigenvalue weighted by Gasteiger charge is -2.22. The zero-order valence-corrected chi connectivity index (χ0v) is 21.2. The topological polar surface area (TPSA) is 57.5 Å². The van der Waals surface area contributed by atoms with Crippen LogP contribution in [0.25, 0.3) is 5.69 Å². The van der Waals surface area contributed by atoms with Gasteiger partial charge < -0.3 is 15.5 Å². The first-order valence-electron chi connectivity index (χ1n) is 11.2. The third-order valence-electron chi connectivity index (χ3n) is 5.69. The van der Waals surface area contributed by atoms with Crippen molar-refractivity contribution in [2.75, 3.05) is 24.5 Å². The SMILES string of the molecule is CCNC(=NCc1ccccc1-n1cccn1)NC(C)c1cccc(N2CCCC2)c1.I. The molecule has 2 heterocycles. The molecule has 1 fully saturated rings. The molecule has 2 N–H and O–H groups in total. The van der Waals surface area contributed by atoms with Crippen LogP contribution in [-0.2, 0) is 6.54 Å². The summed E-state index contributed by atoms with van der Waals surface area (Å²) in [5, 5.41) is 11.3. The first-order valence-corrected chi connectivity index (χ1v) is 11.2. The number of aliphatic imine (C=N–C) groups is 1. The van der Waals surface area contributed by atoms with Crippen molar-refractivity contribution in [3.63, 3.8) is 0 Å². The molecule has 1 aliphatic rings. The minimum absolute atomic E-state index is 0. The highest BCUT2D eigenvalue weighted by Gasteiger charge is 2.14. The number of halogens is 1. The van der Waals surface area contributed by atoms with Crippen molar-refractivity contribution >= 4 is 35.6 Å². The zero-order valence-electron chi connectivity index (χ0n) is 18.9. The Morgan fingerprint density at radius 3 is 2.66 bits per heavy atom. The van der Waals surface area contributed by atoms with Gasteiger partial charge in [0.15, 0.2) is 5.96 Å². The molecule has 0 aliphatic carbocycles. The monoisotopic (exact) mass is 544 g/mol. The second-order valence-electron chi connectivity index (χ2n) is 7.93. The smallest absolute Gasteiger partial charge is 0.192 e. The van der Waals surface area contributed by atoms with Gasteiger partial charge in [-0.3, -0.25) is 0 Å². The molecular weight excluding hydrogens is 511 g/mol. The molecule has 0 bridgehead atoms. The Morgan fingerprint density at radius 2 is 1.91 bits per heavy atom. The van der Waals surface area contributed by atoms with Crippen LogP contribution in [-0.4, -0.2) is 35.4 Å². The Balaban J connectivity index is 0.00000289. The molecule has 0 saturated carbocycles. The van der Waals surface area contributed by atoms with E-state index < -0.39 is 0 Å². The van der Waals surface area contributed by atoms with Crippen LogP contribution in [0.2, 0.25) is 0 Å². The molecule has 1 aromatic heterocycles. The van der Waals surface area contributed by atoms with E-state index in [1.54, 1.807) is 6.20 Å². The predicted octanol–water partition coefficient (Wildman–Crippen LogP) is 4.91. The van der Waals surface area contributed by atoms with Gasteiger partial charge in [0.25, 0.3) is 0 Å². The molecule has 1 aliphatic heterocycles. The van der Waals surface area contributed by atoms with Crippen LogP contribution in [0.1, 0.15) is 43.9 Å². The van der Waals surface area contributed by atoms with Crippen LogP contribution >= 0.6 is 24.0 Å². The molecule has 1 unspecified atom stereocenters. The summed E-state index contributed by atoms with van der Waals surface area (Å²) in [4.78, 5) is 7.34. The Morgan fingerprint density at radius 1 is 1.09 bits per heavy atom. The summed E-state index contributed by atoms with van der Waals surface area (Å²) in [6.45, 7) is 7.98. The number of nitrogens with zero attached hydrogens (tertiary/aromatic N) is 4. The summed E-state index contributed by atoms with van der Waals surface area (Å²) in [5.41, 5.74) is 4.77. The van der Waals surface area contributed by atoms with Gasteiger partial charge in [0.2, 0.25) is 0 Å². The fraction of sp³-hybridized carbons (Fsp3) is 0.360. The second-order valence-corrected chi connectivity index (χ2v) is 7.93. The van der Waals surface area contributed by atoms with Crippen LogP contribution in [0.3, 0.4) is 0 Å². The number of anilines is 1. The highest BCUT2D eigenvalue weighted by atomic mass is 127. The number of hydrogen-bond acceptors (Lipinski definition) is 3. The quantitative estimate of drug-likeness (QED) is 0.252. The maximum atomic E-state index is 4.86. The van der Waals surface area contributed by atoms with E-state index in [0.29, 0.717) is 6.54 Å². The zero-order chi connectivity index (χ0) is 21.5. The van der Waals surface area contributed by atoms with Crippen molar-refractivity contribution in [1.82, 2.24) is 20.4 Å². The number of guanidine groups is 1. The molecule has 170 valence electrons. The fourth-order valence-electron chi connectivity index (χ4n) is 4.02. The van der Waals surface area contributed by atoms with E-state index in [4.69, 9.17) is 4.99 Å². The van der Waals surface area contributed by atoms with E-state index in [2.05, 4.69) is 70.9 Å². The maximum absolute atomic E-state index is 4.86. The van der Waals surface area contributed by atoms with E-state index in [-0.39, 0.29) is 30.0 Å². The largest absolute Gasteiger partial charge is 0.372 e. The van der Waals surface area contributed by atoms with E-state index in [9.17, 15) is 0 Å². The van der Waals surface area contributed by atoms with Gasteiger partial charge in [-0.1, -0.05) is 30.3 Å². The molecule has 6 nitrogen and oxygen atoms in total. The molecule has 4 rings (SSSR count). The Labute approximate surface area is 208 Å². The Kier molecular flexibility index (Phi) is 8.96. The van der Waals surface area contributed by atoms with Gasteiger partial charge in [-0.2, -0.15) is 5.10 Å². The standard InChI is InChI=1S/C25H32N6.HI/c1-3-26-25(27-19-22-10-4-5-13-24(22)31-17-9-14-28-31)29-20(2)21-11-8-12-23(18-21)30-15-6-7-16-30;/h4-5,8-14,17-18,20H,3,6-7,15-16,19H2,1-2H3,(H2,26,27,29);1H. The lowest BCUT2D eigenvalue weighted by atomic mass is 10.1. The summed E-state index contributed by atoms with van der Waals surface area (Å²) in [7, 11) is 0.